The maximum atomic E-state index is 14.3. The normalized spacial score (nSPS) is 22.9. The van der Waals surface area contributed by atoms with E-state index in [1.54, 1.807) is 19.2 Å². The van der Waals surface area contributed by atoms with Crippen LogP contribution in [0.1, 0.15) is 16.7 Å². The first kappa shape index (κ1) is 23.6. The largest absolute Gasteiger partial charge is 0.340 e. The fraction of sp³-hybridized carbons (Fsp3) is 0.400. The Balaban J connectivity index is 1.36. The van der Waals surface area contributed by atoms with E-state index in [4.69, 9.17) is 16.6 Å². The summed E-state index contributed by atoms with van der Waals surface area (Å²) >= 11 is 6.23. The number of aliphatic imine (C=N–C) groups is 1. The van der Waals surface area contributed by atoms with Crippen molar-refractivity contribution in [3.8, 4) is 0 Å². The van der Waals surface area contributed by atoms with Crippen molar-refractivity contribution in [2.24, 2.45) is 4.99 Å². The Labute approximate surface area is 208 Å². The Morgan fingerprint density at radius 3 is 2.51 bits per heavy atom. The van der Waals surface area contributed by atoms with E-state index >= 15 is 0 Å². The Bertz CT molecular complexity index is 1160. The number of urea groups is 1. The van der Waals surface area contributed by atoms with Gasteiger partial charge in [-0.1, -0.05) is 41.9 Å². The predicted octanol–water partition coefficient (Wildman–Crippen LogP) is 2.65. The summed E-state index contributed by atoms with van der Waals surface area (Å²) in [4.78, 5) is 37.9. The van der Waals surface area contributed by atoms with Crippen molar-refractivity contribution in [3.05, 3.63) is 70.0 Å². The number of rotatable bonds is 4. The van der Waals surface area contributed by atoms with Crippen molar-refractivity contribution in [2.45, 2.75) is 32.2 Å². The molecule has 0 spiro atoms. The lowest BCUT2D eigenvalue weighted by Crippen LogP contribution is -2.64. The summed E-state index contributed by atoms with van der Waals surface area (Å²) in [6.07, 6.45) is -0.578. The molecule has 2 saturated heterocycles. The standard InChI is InChI=1S/C25H28ClFN6O2/c1-16-6-3-4-7-17(16)14-33-21-22(30(2)25(35)29-23(21)34)28-24(33)32-12-10-31(11-13-32)15-18-19(26)8-5-9-20(18)27/h3-9,21-22H,10-15H2,1-2H3,(H,29,34,35). The van der Waals surface area contributed by atoms with Crippen molar-refractivity contribution in [1.29, 1.82) is 0 Å². The average Bonchev–Trinajstić information content (AvgIpc) is 3.22. The number of hydrogen-bond acceptors (Lipinski definition) is 6. The second kappa shape index (κ2) is 9.47. The number of carbonyl (C=O) groups excluding carboxylic acids is 2. The van der Waals surface area contributed by atoms with Gasteiger partial charge in [-0.2, -0.15) is 0 Å². The minimum Gasteiger partial charge on any atom is -0.340 e. The van der Waals surface area contributed by atoms with Crippen LogP contribution in [-0.2, 0) is 17.9 Å². The SMILES string of the molecule is Cc1ccccc1CN1C(N2CCN(Cc3c(F)cccc3Cl)CC2)=NC2C1C(=O)NC(=O)N2C. The first-order valence-corrected chi connectivity index (χ1v) is 12.1. The quantitative estimate of drug-likeness (QED) is 0.701. The molecule has 35 heavy (non-hydrogen) atoms. The molecule has 2 aromatic carbocycles. The molecule has 0 aliphatic carbocycles. The van der Waals surface area contributed by atoms with E-state index in [1.807, 2.05) is 36.1 Å². The van der Waals surface area contributed by atoms with Gasteiger partial charge < -0.3 is 14.7 Å². The minimum atomic E-state index is -0.595. The van der Waals surface area contributed by atoms with Crippen LogP contribution in [0.2, 0.25) is 5.02 Å². The lowest BCUT2D eigenvalue weighted by Gasteiger charge is -2.40. The van der Waals surface area contributed by atoms with E-state index in [2.05, 4.69) is 15.1 Å². The summed E-state index contributed by atoms with van der Waals surface area (Å²) in [5.74, 6) is 0.0779. The molecule has 2 atom stereocenters. The topological polar surface area (TPSA) is 71.5 Å². The Hall–Kier alpha value is -3.17. The third-order valence-corrected chi connectivity index (χ3v) is 7.39. The third-order valence-electron chi connectivity index (χ3n) is 7.04. The third kappa shape index (κ3) is 4.46. The summed E-state index contributed by atoms with van der Waals surface area (Å²) in [6, 6.07) is 11.8. The Morgan fingerprint density at radius 1 is 1.06 bits per heavy atom. The molecule has 0 saturated carbocycles. The van der Waals surface area contributed by atoms with E-state index in [-0.39, 0.29) is 11.7 Å². The molecule has 0 radical (unpaired) electrons. The number of benzene rings is 2. The van der Waals surface area contributed by atoms with E-state index in [0.29, 0.717) is 55.8 Å². The molecule has 184 valence electrons. The van der Waals surface area contributed by atoms with Crippen LogP contribution in [0.15, 0.2) is 47.5 Å². The molecule has 3 amide bonds. The van der Waals surface area contributed by atoms with Gasteiger partial charge >= 0.3 is 6.03 Å². The summed E-state index contributed by atoms with van der Waals surface area (Å²) in [5.41, 5.74) is 2.73. The summed E-state index contributed by atoms with van der Waals surface area (Å²) in [5, 5.41) is 2.89. The van der Waals surface area contributed by atoms with E-state index in [1.165, 1.54) is 11.0 Å². The predicted molar refractivity (Wildman–Crippen MR) is 131 cm³/mol. The zero-order valence-corrected chi connectivity index (χ0v) is 20.5. The highest BCUT2D eigenvalue weighted by Crippen LogP contribution is 2.29. The molecule has 1 N–H and O–H groups in total. The number of nitrogens with one attached hydrogen (secondary N) is 1. The first-order chi connectivity index (χ1) is 16.8. The molecule has 0 aromatic heterocycles. The van der Waals surface area contributed by atoms with E-state index in [0.717, 1.165) is 11.1 Å². The summed E-state index contributed by atoms with van der Waals surface area (Å²) in [7, 11) is 1.66. The van der Waals surface area contributed by atoms with Gasteiger partial charge in [0.05, 0.1) is 0 Å². The van der Waals surface area contributed by atoms with E-state index in [9.17, 15) is 14.0 Å². The average molecular weight is 499 g/mol. The van der Waals surface area contributed by atoms with Gasteiger partial charge in [0.15, 0.2) is 18.2 Å². The highest BCUT2D eigenvalue weighted by molar-refractivity contribution is 6.31. The van der Waals surface area contributed by atoms with Gasteiger partial charge in [0, 0.05) is 56.9 Å². The number of aryl methyl sites for hydroxylation is 1. The number of imide groups is 1. The molecule has 10 heteroatoms. The van der Waals surface area contributed by atoms with Gasteiger partial charge in [-0.3, -0.25) is 15.0 Å². The summed E-state index contributed by atoms with van der Waals surface area (Å²) in [6.45, 7) is 5.69. The number of piperazine rings is 1. The zero-order valence-electron chi connectivity index (χ0n) is 19.7. The van der Waals surface area contributed by atoms with Crippen LogP contribution in [0.3, 0.4) is 0 Å². The van der Waals surface area contributed by atoms with Gasteiger partial charge in [0.2, 0.25) is 0 Å². The fourth-order valence-corrected chi connectivity index (χ4v) is 5.15. The molecule has 2 fully saturated rings. The molecule has 2 aromatic rings. The number of nitrogens with zero attached hydrogens (tertiary/aromatic N) is 5. The molecular formula is C25H28ClFN6O2. The molecule has 0 bridgehead atoms. The smallest absolute Gasteiger partial charge is 0.325 e. The lowest BCUT2D eigenvalue weighted by molar-refractivity contribution is -0.127. The molecule has 3 aliphatic heterocycles. The minimum absolute atomic E-state index is 0.299. The van der Waals surface area contributed by atoms with Crippen molar-refractivity contribution in [3.63, 3.8) is 0 Å². The van der Waals surface area contributed by atoms with Crippen molar-refractivity contribution in [1.82, 2.24) is 24.9 Å². The summed E-state index contributed by atoms with van der Waals surface area (Å²) < 4.78 is 14.3. The van der Waals surface area contributed by atoms with Gasteiger partial charge in [-0.15, -0.1) is 0 Å². The van der Waals surface area contributed by atoms with E-state index < -0.39 is 18.2 Å². The van der Waals surface area contributed by atoms with Gasteiger partial charge in [0.1, 0.15) is 5.82 Å². The first-order valence-electron chi connectivity index (χ1n) is 11.7. The van der Waals surface area contributed by atoms with Crippen LogP contribution in [0.25, 0.3) is 0 Å². The highest BCUT2D eigenvalue weighted by Gasteiger charge is 2.49. The number of carbonyl (C=O) groups is 2. The second-order valence-corrected chi connectivity index (χ2v) is 9.62. The van der Waals surface area contributed by atoms with Gasteiger partial charge in [-0.25, -0.2) is 14.2 Å². The van der Waals surface area contributed by atoms with Crippen LogP contribution in [0, 0.1) is 12.7 Å². The monoisotopic (exact) mass is 498 g/mol. The van der Waals surface area contributed by atoms with Gasteiger partial charge in [-0.05, 0) is 30.2 Å². The van der Waals surface area contributed by atoms with Crippen molar-refractivity contribution < 1.29 is 14.0 Å². The maximum absolute atomic E-state index is 14.3. The number of hydrogen-bond donors (Lipinski definition) is 1. The molecular weight excluding hydrogens is 471 g/mol. The number of guanidine groups is 1. The van der Waals surface area contributed by atoms with Crippen LogP contribution >= 0.6 is 11.6 Å². The number of fused-ring (bicyclic) bond motifs is 1. The Morgan fingerprint density at radius 2 is 1.80 bits per heavy atom. The van der Waals surface area contributed by atoms with Crippen LogP contribution < -0.4 is 5.32 Å². The molecule has 3 aliphatic rings. The number of amides is 3. The van der Waals surface area contributed by atoms with Crippen LogP contribution in [0.5, 0.6) is 0 Å². The second-order valence-electron chi connectivity index (χ2n) is 9.21. The molecule has 8 nitrogen and oxygen atoms in total. The number of likely N-dealkylation sites (N-methyl/N-ethyl adjacent to an activating group) is 1. The van der Waals surface area contributed by atoms with Gasteiger partial charge in [0.25, 0.3) is 5.91 Å². The lowest BCUT2D eigenvalue weighted by atomic mass is 10.1. The molecule has 5 rings (SSSR count). The fourth-order valence-electron chi connectivity index (χ4n) is 4.93. The Kier molecular flexibility index (Phi) is 6.37. The molecule has 2 unspecified atom stereocenters. The van der Waals surface area contributed by atoms with Crippen LogP contribution in [0.4, 0.5) is 9.18 Å². The number of halogens is 2. The van der Waals surface area contributed by atoms with Crippen LogP contribution in [-0.4, -0.2) is 82.9 Å². The zero-order chi connectivity index (χ0) is 24.7. The van der Waals surface area contributed by atoms with Crippen molar-refractivity contribution in [2.75, 3.05) is 33.2 Å². The highest BCUT2D eigenvalue weighted by atomic mass is 35.5. The van der Waals surface area contributed by atoms with Crippen molar-refractivity contribution >= 4 is 29.5 Å². The maximum Gasteiger partial charge on any atom is 0.325 e. The molecule has 3 heterocycles.